The lowest BCUT2D eigenvalue weighted by molar-refractivity contribution is -0.138. The molecule has 0 amide bonds. The Balaban J connectivity index is 2.41. The molecular weight excluding hydrogens is 382 g/mol. The van der Waals surface area contributed by atoms with Crippen molar-refractivity contribution < 1.29 is 26.7 Å². The third-order valence-electron chi connectivity index (χ3n) is 2.43. The lowest BCUT2D eigenvalue weighted by Crippen LogP contribution is -2.07. The summed E-state index contributed by atoms with van der Waals surface area (Å²) in [6.07, 6.45) is -4.85. The molecule has 2 rings (SSSR count). The summed E-state index contributed by atoms with van der Waals surface area (Å²) in [5.74, 6) is -3.98. The van der Waals surface area contributed by atoms with Crippen LogP contribution in [0.15, 0.2) is 34.8 Å². The van der Waals surface area contributed by atoms with E-state index in [0.29, 0.717) is 4.47 Å². The molecule has 0 spiro atoms. The average Bonchev–Trinajstić information content (AvgIpc) is 2.34. The number of benzene rings is 2. The van der Waals surface area contributed by atoms with Crippen molar-refractivity contribution in [2.45, 2.75) is 6.18 Å². The monoisotopic (exact) mass is 386 g/mol. The van der Waals surface area contributed by atoms with Crippen LogP contribution in [0.3, 0.4) is 0 Å². The van der Waals surface area contributed by atoms with Crippen molar-refractivity contribution in [2.75, 3.05) is 0 Å². The SMILES string of the molecule is Fc1cc(C(F)(F)F)cc(F)c1Oc1ccc(Br)cc1Cl. The molecule has 0 aliphatic heterocycles. The van der Waals surface area contributed by atoms with Crippen LogP contribution in [0.1, 0.15) is 5.56 Å². The maximum Gasteiger partial charge on any atom is 0.416 e. The Morgan fingerprint density at radius 3 is 2.05 bits per heavy atom. The van der Waals surface area contributed by atoms with Gasteiger partial charge in [0.15, 0.2) is 17.4 Å². The molecule has 21 heavy (non-hydrogen) atoms. The highest BCUT2D eigenvalue weighted by atomic mass is 79.9. The zero-order valence-corrected chi connectivity index (χ0v) is 12.3. The van der Waals surface area contributed by atoms with Crippen LogP contribution in [-0.2, 0) is 6.18 Å². The molecule has 0 bridgehead atoms. The first-order valence-electron chi connectivity index (χ1n) is 5.37. The largest absolute Gasteiger partial charge is 0.450 e. The topological polar surface area (TPSA) is 9.23 Å². The van der Waals surface area contributed by atoms with Gasteiger partial charge in [-0.2, -0.15) is 13.2 Å². The van der Waals surface area contributed by atoms with Gasteiger partial charge in [-0.3, -0.25) is 0 Å². The summed E-state index contributed by atoms with van der Waals surface area (Å²) >= 11 is 8.94. The van der Waals surface area contributed by atoms with Gasteiger partial charge in [-0.05, 0) is 30.3 Å². The standard InChI is InChI=1S/C13H5BrClF5O/c14-7-1-2-11(8(15)5-7)21-12-9(16)3-6(4-10(12)17)13(18,19)20/h1-5H. The van der Waals surface area contributed by atoms with E-state index in [2.05, 4.69) is 15.9 Å². The average molecular weight is 388 g/mol. The van der Waals surface area contributed by atoms with Crippen LogP contribution in [0, 0.1) is 11.6 Å². The fraction of sp³-hybridized carbons (Fsp3) is 0.0769. The van der Waals surface area contributed by atoms with E-state index >= 15 is 0 Å². The van der Waals surface area contributed by atoms with Crippen LogP contribution in [0.5, 0.6) is 11.5 Å². The Kier molecular flexibility index (Phi) is 4.43. The fourth-order valence-electron chi connectivity index (χ4n) is 1.49. The van der Waals surface area contributed by atoms with E-state index in [9.17, 15) is 22.0 Å². The van der Waals surface area contributed by atoms with E-state index in [4.69, 9.17) is 16.3 Å². The number of hydrogen-bond donors (Lipinski definition) is 0. The van der Waals surface area contributed by atoms with Crippen molar-refractivity contribution in [2.24, 2.45) is 0 Å². The van der Waals surface area contributed by atoms with E-state index in [-0.39, 0.29) is 22.9 Å². The Morgan fingerprint density at radius 1 is 1.00 bits per heavy atom. The molecule has 1 nitrogen and oxygen atoms in total. The van der Waals surface area contributed by atoms with E-state index in [0.717, 1.165) is 0 Å². The molecule has 2 aromatic rings. The molecule has 0 saturated heterocycles. The van der Waals surface area contributed by atoms with Crippen LogP contribution in [-0.4, -0.2) is 0 Å². The molecule has 0 aliphatic carbocycles. The molecule has 8 heteroatoms. The van der Waals surface area contributed by atoms with Gasteiger partial charge >= 0.3 is 6.18 Å². The molecule has 2 aromatic carbocycles. The fourth-order valence-corrected chi connectivity index (χ4v) is 2.20. The molecule has 0 heterocycles. The molecule has 0 radical (unpaired) electrons. The van der Waals surface area contributed by atoms with Gasteiger partial charge in [0.05, 0.1) is 10.6 Å². The lowest BCUT2D eigenvalue weighted by atomic mass is 10.2. The summed E-state index contributed by atoms with van der Waals surface area (Å²) in [6.45, 7) is 0. The van der Waals surface area contributed by atoms with E-state index in [1.54, 1.807) is 0 Å². The van der Waals surface area contributed by atoms with Crippen LogP contribution < -0.4 is 4.74 Å². The summed E-state index contributed by atoms with van der Waals surface area (Å²) in [5, 5.41) is 0.0445. The van der Waals surface area contributed by atoms with E-state index < -0.39 is 29.1 Å². The van der Waals surface area contributed by atoms with E-state index in [1.165, 1.54) is 18.2 Å². The number of alkyl halides is 3. The van der Waals surface area contributed by atoms with Crippen molar-refractivity contribution in [1.29, 1.82) is 0 Å². The summed E-state index contributed by atoms with van der Waals surface area (Å²) in [7, 11) is 0. The van der Waals surface area contributed by atoms with Crippen LogP contribution >= 0.6 is 27.5 Å². The molecule has 0 unspecified atom stereocenters. The highest BCUT2D eigenvalue weighted by Crippen LogP contribution is 2.37. The number of ether oxygens (including phenoxy) is 1. The highest BCUT2D eigenvalue weighted by molar-refractivity contribution is 9.10. The Labute approximate surface area is 129 Å². The molecule has 0 aromatic heterocycles. The summed E-state index contributed by atoms with van der Waals surface area (Å²) in [4.78, 5) is 0. The number of hydrogen-bond acceptors (Lipinski definition) is 1. The minimum Gasteiger partial charge on any atom is -0.450 e. The number of halogens is 7. The maximum atomic E-state index is 13.6. The predicted molar refractivity (Wildman–Crippen MR) is 70.6 cm³/mol. The first-order chi connectivity index (χ1) is 9.68. The lowest BCUT2D eigenvalue weighted by Gasteiger charge is -2.12. The van der Waals surface area contributed by atoms with Gasteiger partial charge in [-0.15, -0.1) is 0 Å². The van der Waals surface area contributed by atoms with Crippen molar-refractivity contribution in [3.05, 3.63) is 57.0 Å². The van der Waals surface area contributed by atoms with Crippen molar-refractivity contribution in [1.82, 2.24) is 0 Å². The van der Waals surface area contributed by atoms with Crippen molar-refractivity contribution in [3.8, 4) is 11.5 Å². The quantitative estimate of drug-likeness (QED) is 0.558. The summed E-state index contributed by atoms with van der Waals surface area (Å²) in [6, 6.07) is 4.55. The van der Waals surface area contributed by atoms with Crippen molar-refractivity contribution in [3.63, 3.8) is 0 Å². The van der Waals surface area contributed by atoms with Gasteiger partial charge in [0, 0.05) is 4.47 Å². The zero-order chi connectivity index (χ0) is 15.8. The molecule has 0 saturated carbocycles. The van der Waals surface area contributed by atoms with Gasteiger partial charge in [0.1, 0.15) is 5.75 Å². The predicted octanol–water partition coefficient (Wildman–Crippen LogP) is 6.19. The molecular formula is C13H5BrClF5O. The highest BCUT2D eigenvalue weighted by Gasteiger charge is 2.33. The first kappa shape index (κ1) is 16.0. The van der Waals surface area contributed by atoms with Crippen molar-refractivity contribution >= 4 is 27.5 Å². The second-order valence-corrected chi connectivity index (χ2v) is 5.27. The Hall–Kier alpha value is -1.34. The van der Waals surface area contributed by atoms with E-state index in [1.807, 2.05) is 0 Å². The van der Waals surface area contributed by atoms with Crippen LogP contribution in [0.4, 0.5) is 22.0 Å². The summed E-state index contributed by atoms with van der Waals surface area (Å²) < 4.78 is 70.0. The Bertz CT molecular complexity index is 664. The second-order valence-electron chi connectivity index (χ2n) is 3.94. The third-order valence-corrected chi connectivity index (χ3v) is 3.22. The van der Waals surface area contributed by atoms with Gasteiger partial charge in [-0.25, -0.2) is 8.78 Å². The molecule has 112 valence electrons. The van der Waals surface area contributed by atoms with Crippen LogP contribution in [0.2, 0.25) is 5.02 Å². The minimum atomic E-state index is -4.85. The van der Waals surface area contributed by atoms with Gasteiger partial charge < -0.3 is 4.74 Å². The second kappa shape index (κ2) is 5.81. The molecule has 0 N–H and O–H groups in total. The van der Waals surface area contributed by atoms with Gasteiger partial charge in [-0.1, -0.05) is 27.5 Å². The zero-order valence-electron chi connectivity index (χ0n) is 9.94. The first-order valence-corrected chi connectivity index (χ1v) is 6.54. The number of rotatable bonds is 2. The van der Waals surface area contributed by atoms with Gasteiger partial charge in [0.2, 0.25) is 0 Å². The molecule has 0 fully saturated rings. The smallest absolute Gasteiger partial charge is 0.416 e. The maximum absolute atomic E-state index is 13.6. The normalized spacial score (nSPS) is 11.6. The third kappa shape index (κ3) is 3.65. The molecule has 0 atom stereocenters. The Morgan fingerprint density at radius 2 is 1.57 bits per heavy atom. The molecule has 0 aliphatic rings. The minimum absolute atomic E-state index is 0.0445. The summed E-state index contributed by atoms with van der Waals surface area (Å²) in [5.41, 5.74) is -1.44. The van der Waals surface area contributed by atoms with Crippen LogP contribution in [0.25, 0.3) is 0 Å². The van der Waals surface area contributed by atoms with Gasteiger partial charge in [0.25, 0.3) is 0 Å².